The molecular formula is C19H20N2O5. The highest BCUT2D eigenvalue weighted by atomic mass is 16.5. The molecule has 3 rings (SSSR count). The van der Waals surface area contributed by atoms with Gasteiger partial charge in [0.15, 0.2) is 0 Å². The maximum atomic E-state index is 12.8. The number of hydrogen-bond donors (Lipinski definition) is 1. The number of carbonyl (C=O) groups is 3. The molecule has 1 fully saturated rings. The molecule has 0 radical (unpaired) electrons. The lowest BCUT2D eigenvalue weighted by Gasteiger charge is -2.22. The van der Waals surface area contributed by atoms with E-state index >= 15 is 0 Å². The summed E-state index contributed by atoms with van der Waals surface area (Å²) < 4.78 is 9.78. The lowest BCUT2D eigenvalue weighted by Crippen LogP contribution is -2.41. The Morgan fingerprint density at radius 3 is 2.50 bits per heavy atom. The minimum atomic E-state index is -1.18. The Hall–Kier alpha value is -3.09. The number of benzene rings is 2. The van der Waals surface area contributed by atoms with Crippen molar-refractivity contribution in [3.8, 4) is 5.75 Å². The first-order valence-corrected chi connectivity index (χ1v) is 8.18. The molecule has 0 aromatic heterocycles. The molecule has 0 spiro atoms. The van der Waals surface area contributed by atoms with Crippen LogP contribution in [0.25, 0.3) is 10.8 Å². The van der Waals surface area contributed by atoms with Gasteiger partial charge in [-0.25, -0.2) is 4.79 Å². The van der Waals surface area contributed by atoms with Crippen LogP contribution >= 0.6 is 0 Å². The molecule has 2 aromatic rings. The molecule has 1 saturated heterocycles. The normalized spacial score (nSPS) is 19.6. The number of nitrogens with zero attached hydrogens (tertiary/aromatic N) is 1. The fraction of sp³-hybridized carbons (Fsp3) is 0.316. The van der Waals surface area contributed by atoms with E-state index in [0.717, 1.165) is 21.4 Å². The topological polar surface area (TPSA) is 84.9 Å². The monoisotopic (exact) mass is 356 g/mol. The third kappa shape index (κ3) is 2.96. The molecular weight excluding hydrogens is 336 g/mol. The van der Waals surface area contributed by atoms with Crippen LogP contribution in [0.4, 0.5) is 4.79 Å². The zero-order chi connectivity index (χ0) is 18.9. The minimum Gasteiger partial charge on any atom is -0.497 e. The zero-order valence-electron chi connectivity index (χ0n) is 14.9. The molecule has 0 aliphatic carbocycles. The number of imide groups is 1. The Balaban J connectivity index is 1.90. The Labute approximate surface area is 150 Å². The summed E-state index contributed by atoms with van der Waals surface area (Å²) in [6.07, 6.45) is -0.0384. The first-order chi connectivity index (χ1) is 12.4. The Morgan fingerprint density at radius 1 is 1.12 bits per heavy atom. The van der Waals surface area contributed by atoms with Gasteiger partial charge in [-0.3, -0.25) is 14.5 Å². The molecule has 0 unspecified atom stereocenters. The molecule has 1 aliphatic heterocycles. The zero-order valence-corrected chi connectivity index (χ0v) is 14.9. The molecule has 0 bridgehead atoms. The lowest BCUT2D eigenvalue weighted by molar-refractivity contribution is -0.141. The number of methoxy groups -OCH3 is 2. The van der Waals surface area contributed by atoms with Crippen molar-refractivity contribution in [1.29, 1.82) is 0 Å². The molecule has 0 saturated carbocycles. The average molecular weight is 356 g/mol. The van der Waals surface area contributed by atoms with Gasteiger partial charge < -0.3 is 14.8 Å². The van der Waals surface area contributed by atoms with Crippen LogP contribution in [-0.4, -0.2) is 43.6 Å². The van der Waals surface area contributed by atoms with Gasteiger partial charge in [0.05, 0.1) is 20.6 Å². The predicted octanol–water partition coefficient (Wildman–Crippen LogP) is 2.18. The molecule has 7 heteroatoms. The average Bonchev–Trinajstić information content (AvgIpc) is 2.88. The van der Waals surface area contributed by atoms with Crippen LogP contribution in [0.2, 0.25) is 0 Å². The maximum absolute atomic E-state index is 12.8. The van der Waals surface area contributed by atoms with Crippen molar-refractivity contribution in [2.75, 3.05) is 20.8 Å². The molecule has 26 heavy (non-hydrogen) atoms. The molecule has 1 N–H and O–H groups in total. The van der Waals surface area contributed by atoms with E-state index < -0.39 is 17.5 Å². The standard InChI is InChI=1S/C19H20N2O5/c1-19(17(23)21(18(24)20-19)9-8-16(22)26-3)14-6-4-13-11-15(25-2)7-5-12(13)10-14/h4-7,10-11H,8-9H2,1-3H3,(H,20,24)/t19-/m0/s1. The van der Waals surface area contributed by atoms with Gasteiger partial charge in [-0.05, 0) is 41.5 Å². The van der Waals surface area contributed by atoms with E-state index in [2.05, 4.69) is 10.1 Å². The third-order valence-electron chi connectivity index (χ3n) is 4.67. The van der Waals surface area contributed by atoms with E-state index in [1.165, 1.54) is 7.11 Å². The second-order valence-corrected chi connectivity index (χ2v) is 6.27. The number of hydrogen-bond acceptors (Lipinski definition) is 5. The summed E-state index contributed by atoms with van der Waals surface area (Å²) in [5, 5.41) is 4.63. The Kier molecular flexibility index (Phi) is 4.54. The molecule has 1 atom stereocenters. The van der Waals surface area contributed by atoms with Gasteiger partial charge in [0.2, 0.25) is 0 Å². The minimum absolute atomic E-state index is 0.0162. The van der Waals surface area contributed by atoms with Crippen molar-refractivity contribution in [1.82, 2.24) is 10.2 Å². The summed E-state index contributed by atoms with van der Waals surface area (Å²) >= 11 is 0. The first kappa shape index (κ1) is 17.7. The number of nitrogens with one attached hydrogen (secondary N) is 1. The highest BCUT2D eigenvalue weighted by Crippen LogP contribution is 2.32. The van der Waals surface area contributed by atoms with Crippen LogP contribution in [0.5, 0.6) is 5.75 Å². The van der Waals surface area contributed by atoms with Crippen molar-refractivity contribution >= 4 is 28.7 Å². The smallest absolute Gasteiger partial charge is 0.325 e. The van der Waals surface area contributed by atoms with Gasteiger partial charge in [-0.15, -0.1) is 0 Å². The maximum Gasteiger partial charge on any atom is 0.325 e. The van der Waals surface area contributed by atoms with E-state index in [-0.39, 0.29) is 18.9 Å². The predicted molar refractivity (Wildman–Crippen MR) is 94.7 cm³/mol. The summed E-state index contributed by atoms with van der Waals surface area (Å²) in [6, 6.07) is 10.7. The number of amides is 3. The number of rotatable bonds is 5. The number of fused-ring (bicyclic) bond motifs is 1. The van der Waals surface area contributed by atoms with E-state index in [0.29, 0.717) is 5.56 Å². The summed E-state index contributed by atoms with van der Waals surface area (Å²) in [6.45, 7) is 1.65. The van der Waals surface area contributed by atoms with Gasteiger partial charge in [-0.2, -0.15) is 0 Å². The Morgan fingerprint density at radius 2 is 1.81 bits per heavy atom. The highest BCUT2D eigenvalue weighted by Gasteiger charge is 2.48. The summed E-state index contributed by atoms with van der Waals surface area (Å²) in [7, 11) is 2.87. The molecule has 1 heterocycles. The summed E-state index contributed by atoms with van der Waals surface area (Å²) in [5.74, 6) is -0.117. The van der Waals surface area contributed by atoms with Crippen LogP contribution < -0.4 is 10.1 Å². The van der Waals surface area contributed by atoms with Crippen molar-refractivity contribution in [3.63, 3.8) is 0 Å². The molecule has 3 amide bonds. The Bertz CT molecular complexity index is 895. The highest BCUT2D eigenvalue weighted by molar-refractivity contribution is 6.07. The van der Waals surface area contributed by atoms with E-state index in [1.807, 2.05) is 36.4 Å². The second kappa shape index (κ2) is 6.67. The van der Waals surface area contributed by atoms with Crippen LogP contribution in [0.1, 0.15) is 18.9 Å². The number of esters is 1. The van der Waals surface area contributed by atoms with Crippen LogP contribution in [-0.2, 0) is 19.9 Å². The van der Waals surface area contributed by atoms with Crippen molar-refractivity contribution in [2.45, 2.75) is 18.9 Å². The number of ether oxygens (including phenoxy) is 2. The second-order valence-electron chi connectivity index (χ2n) is 6.27. The third-order valence-corrected chi connectivity index (χ3v) is 4.67. The van der Waals surface area contributed by atoms with E-state index in [9.17, 15) is 14.4 Å². The summed E-state index contributed by atoms with van der Waals surface area (Å²) in [5.41, 5.74) is -0.504. The van der Waals surface area contributed by atoms with Gasteiger partial charge in [0.1, 0.15) is 11.3 Å². The summed E-state index contributed by atoms with van der Waals surface area (Å²) in [4.78, 5) is 37.5. The van der Waals surface area contributed by atoms with Crippen molar-refractivity contribution < 1.29 is 23.9 Å². The molecule has 1 aliphatic rings. The van der Waals surface area contributed by atoms with E-state index in [1.54, 1.807) is 14.0 Å². The number of urea groups is 1. The fourth-order valence-electron chi connectivity index (χ4n) is 3.06. The molecule has 7 nitrogen and oxygen atoms in total. The van der Waals surface area contributed by atoms with Crippen molar-refractivity contribution in [2.24, 2.45) is 0 Å². The van der Waals surface area contributed by atoms with Crippen LogP contribution in [0.3, 0.4) is 0 Å². The van der Waals surface area contributed by atoms with Crippen LogP contribution in [0.15, 0.2) is 36.4 Å². The van der Waals surface area contributed by atoms with Crippen LogP contribution in [0, 0.1) is 0 Å². The quantitative estimate of drug-likeness (QED) is 0.656. The largest absolute Gasteiger partial charge is 0.497 e. The van der Waals surface area contributed by atoms with Gasteiger partial charge >= 0.3 is 12.0 Å². The van der Waals surface area contributed by atoms with Gasteiger partial charge in [-0.1, -0.05) is 18.2 Å². The molecule has 136 valence electrons. The number of carbonyl (C=O) groups excluding carboxylic acids is 3. The van der Waals surface area contributed by atoms with E-state index in [4.69, 9.17) is 4.74 Å². The van der Waals surface area contributed by atoms with Crippen molar-refractivity contribution in [3.05, 3.63) is 42.0 Å². The fourth-order valence-corrected chi connectivity index (χ4v) is 3.06. The SMILES string of the molecule is COC(=O)CCN1C(=O)N[C@@](C)(c2ccc3cc(OC)ccc3c2)C1=O. The van der Waals surface area contributed by atoms with Gasteiger partial charge in [0.25, 0.3) is 5.91 Å². The lowest BCUT2D eigenvalue weighted by atomic mass is 9.90. The molecule has 2 aromatic carbocycles. The first-order valence-electron chi connectivity index (χ1n) is 8.18. The van der Waals surface area contributed by atoms with Gasteiger partial charge in [0, 0.05) is 6.54 Å².